The van der Waals surface area contributed by atoms with Gasteiger partial charge in [-0.05, 0) is 86.4 Å². The average molecular weight is 395 g/mol. The molecule has 29 heavy (non-hydrogen) atoms. The van der Waals surface area contributed by atoms with E-state index in [1.807, 2.05) is 70.2 Å². The Labute approximate surface area is 170 Å². The maximum Gasteiger partial charge on any atom is 0.266 e. The molecule has 0 aliphatic rings. The Morgan fingerprint density at radius 1 is 1.00 bits per heavy atom. The lowest BCUT2D eigenvalue weighted by atomic mass is 10.1. The van der Waals surface area contributed by atoms with Gasteiger partial charge in [-0.3, -0.25) is 4.79 Å². The molecule has 0 aliphatic heterocycles. The molecule has 1 aromatic heterocycles. The van der Waals surface area contributed by atoms with Gasteiger partial charge in [-0.25, -0.2) is 4.63 Å². The van der Waals surface area contributed by atoms with E-state index in [1.165, 1.54) is 0 Å². The molecule has 3 aromatic rings. The van der Waals surface area contributed by atoms with Gasteiger partial charge in [0.25, 0.3) is 5.91 Å². The van der Waals surface area contributed by atoms with E-state index in [-0.39, 0.29) is 17.8 Å². The normalized spacial score (nSPS) is 11.9. The van der Waals surface area contributed by atoms with Crippen molar-refractivity contribution in [1.82, 2.24) is 10.3 Å². The molecule has 0 fully saturated rings. The summed E-state index contributed by atoms with van der Waals surface area (Å²) in [5, 5.41) is 10.5. The Balaban J connectivity index is 1.70. The van der Waals surface area contributed by atoms with Crippen molar-refractivity contribution in [1.29, 1.82) is 0 Å². The van der Waals surface area contributed by atoms with Gasteiger partial charge < -0.3 is 14.8 Å². The van der Waals surface area contributed by atoms with E-state index >= 15 is 0 Å². The number of hydrogen-bond donors (Lipinski definition) is 1. The standard InChI is InChI=1S/C22H25N3O4/c1-13(2)27-18-11-9-17(10-12-18)20-21(25-29-24-20)23-22(26)16(5)28-19-8-6-7-14(3)15(19)4/h6-13,16H,1-5H3,(H,23,25,26)/t16-/m1/s1. The lowest BCUT2D eigenvalue weighted by Gasteiger charge is -2.16. The molecule has 1 heterocycles. The second kappa shape index (κ2) is 8.77. The molecule has 1 amide bonds. The summed E-state index contributed by atoms with van der Waals surface area (Å²) in [4.78, 5) is 12.6. The van der Waals surface area contributed by atoms with Crippen LogP contribution in [-0.2, 0) is 4.79 Å². The molecule has 0 saturated carbocycles. The van der Waals surface area contributed by atoms with E-state index in [1.54, 1.807) is 6.92 Å². The summed E-state index contributed by atoms with van der Waals surface area (Å²) < 4.78 is 16.3. The predicted octanol–water partition coefficient (Wildman–Crippen LogP) is 4.55. The number of aryl methyl sites for hydroxylation is 1. The number of anilines is 1. The molecule has 2 aromatic carbocycles. The zero-order valence-corrected chi connectivity index (χ0v) is 17.2. The Bertz CT molecular complexity index is 980. The Morgan fingerprint density at radius 3 is 2.41 bits per heavy atom. The molecule has 0 bridgehead atoms. The van der Waals surface area contributed by atoms with Crippen LogP contribution in [0.2, 0.25) is 0 Å². The molecule has 3 rings (SSSR count). The van der Waals surface area contributed by atoms with Crippen molar-refractivity contribution in [2.75, 3.05) is 5.32 Å². The van der Waals surface area contributed by atoms with Gasteiger partial charge in [0.1, 0.15) is 11.5 Å². The zero-order chi connectivity index (χ0) is 21.0. The lowest BCUT2D eigenvalue weighted by molar-refractivity contribution is -0.122. The summed E-state index contributed by atoms with van der Waals surface area (Å²) in [5.74, 6) is 1.32. The predicted molar refractivity (Wildman–Crippen MR) is 110 cm³/mol. The van der Waals surface area contributed by atoms with Gasteiger partial charge in [0.15, 0.2) is 11.8 Å². The number of benzene rings is 2. The molecule has 1 atom stereocenters. The van der Waals surface area contributed by atoms with Gasteiger partial charge in [0, 0.05) is 5.56 Å². The van der Waals surface area contributed by atoms with Gasteiger partial charge in [-0.1, -0.05) is 12.1 Å². The van der Waals surface area contributed by atoms with Crippen LogP contribution < -0.4 is 14.8 Å². The van der Waals surface area contributed by atoms with Gasteiger partial charge >= 0.3 is 0 Å². The lowest BCUT2D eigenvalue weighted by Crippen LogP contribution is -2.30. The van der Waals surface area contributed by atoms with Gasteiger partial charge in [-0.15, -0.1) is 0 Å². The monoisotopic (exact) mass is 395 g/mol. The van der Waals surface area contributed by atoms with Crippen molar-refractivity contribution < 1.29 is 18.9 Å². The first-order valence-electron chi connectivity index (χ1n) is 9.48. The quantitative estimate of drug-likeness (QED) is 0.632. The maximum atomic E-state index is 12.6. The average Bonchev–Trinajstić information content (AvgIpc) is 3.13. The summed E-state index contributed by atoms with van der Waals surface area (Å²) in [6, 6.07) is 13.1. The Morgan fingerprint density at radius 2 is 1.72 bits per heavy atom. The molecule has 0 unspecified atom stereocenters. The van der Waals surface area contributed by atoms with Crippen LogP contribution in [0, 0.1) is 13.8 Å². The number of nitrogens with zero attached hydrogens (tertiary/aromatic N) is 2. The summed E-state index contributed by atoms with van der Waals surface area (Å²) in [5.41, 5.74) is 3.29. The molecular formula is C22H25N3O4. The number of ether oxygens (including phenoxy) is 2. The minimum absolute atomic E-state index is 0.0861. The van der Waals surface area contributed by atoms with Crippen LogP contribution in [-0.4, -0.2) is 28.4 Å². The van der Waals surface area contributed by atoms with Crippen LogP contribution in [0.1, 0.15) is 31.9 Å². The highest BCUT2D eigenvalue weighted by Gasteiger charge is 2.21. The first kappa shape index (κ1) is 20.4. The van der Waals surface area contributed by atoms with Crippen LogP contribution in [0.15, 0.2) is 47.1 Å². The molecule has 0 radical (unpaired) electrons. The number of nitrogens with one attached hydrogen (secondary N) is 1. The summed E-state index contributed by atoms with van der Waals surface area (Å²) >= 11 is 0. The topological polar surface area (TPSA) is 86.5 Å². The van der Waals surface area contributed by atoms with Crippen molar-refractivity contribution in [2.24, 2.45) is 0 Å². The van der Waals surface area contributed by atoms with Crippen molar-refractivity contribution >= 4 is 11.7 Å². The van der Waals surface area contributed by atoms with Crippen LogP contribution >= 0.6 is 0 Å². The smallest absolute Gasteiger partial charge is 0.266 e. The highest BCUT2D eigenvalue weighted by molar-refractivity contribution is 5.96. The Hall–Kier alpha value is -3.35. The molecule has 0 spiro atoms. The van der Waals surface area contributed by atoms with E-state index in [9.17, 15) is 4.79 Å². The number of carbonyl (C=O) groups excluding carboxylic acids is 1. The van der Waals surface area contributed by atoms with E-state index < -0.39 is 6.10 Å². The first-order valence-corrected chi connectivity index (χ1v) is 9.48. The second-order valence-corrected chi connectivity index (χ2v) is 7.10. The van der Waals surface area contributed by atoms with Crippen molar-refractivity contribution in [3.63, 3.8) is 0 Å². The summed E-state index contributed by atoms with van der Waals surface area (Å²) in [6.45, 7) is 9.57. The molecule has 7 nitrogen and oxygen atoms in total. The fourth-order valence-electron chi connectivity index (χ4n) is 2.74. The van der Waals surface area contributed by atoms with Crippen molar-refractivity contribution in [3.05, 3.63) is 53.6 Å². The van der Waals surface area contributed by atoms with Crippen molar-refractivity contribution in [3.8, 4) is 22.8 Å². The minimum atomic E-state index is -0.720. The molecule has 0 saturated heterocycles. The molecule has 7 heteroatoms. The van der Waals surface area contributed by atoms with Gasteiger partial charge in [-0.2, -0.15) is 0 Å². The third-order valence-electron chi connectivity index (χ3n) is 4.46. The highest BCUT2D eigenvalue weighted by atomic mass is 16.6. The highest BCUT2D eigenvalue weighted by Crippen LogP contribution is 2.27. The number of carbonyl (C=O) groups is 1. The first-order chi connectivity index (χ1) is 13.8. The molecular weight excluding hydrogens is 370 g/mol. The maximum absolute atomic E-state index is 12.6. The molecule has 1 N–H and O–H groups in total. The van der Waals surface area contributed by atoms with Crippen LogP contribution in [0.5, 0.6) is 11.5 Å². The van der Waals surface area contributed by atoms with E-state index in [0.29, 0.717) is 11.4 Å². The van der Waals surface area contributed by atoms with Crippen LogP contribution in [0.4, 0.5) is 5.82 Å². The number of rotatable bonds is 7. The van der Waals surface area contributed by atoms with Crippen molar-refractivity contribution in [2.45, 2.75) is 46.8 Å². The fourth-order valence-corrected chi connectivity index (χ4v) is 2.74. The fraction of sp³-hybridized carbons (Fsp3) is 0.318. The summed E-state index contributed by atoms with van der Waals surface area (Å²) in [7, 11) is 0. The van der Waals surface area contributed by atoms with Crippen LogP contribution in [0.3, 0.4) is 0 Å². The molecule has 0 aliphatic carbocycles. The molecule has 152 valence electrons. The Kier molecular flexibility index (Phi) is 6.16. The van der Waals surface area contributed by atoms with E-state index in [4.69, 9.17) is 14.1 Å². The van der Waals surface area contributed by atoms with Gasteiger partial charge in [0.05, 0.1) is 6.10 Å². The van der Waals surface area contributed by atoms with Gasteiger partial charge in [0.2, 0.25) is 5.82 Å². The number of hydrogen-bond acceptors (Lipinski definition) is 6. The number of aromatic nitrogens is 2. The SMILES string of the molecule is Cc1cccc(O[C@H](C)C(=O)Nc2nonc2-c2ccc(OC(C)C)cc2)c1C. The van der Waals surface area contributed by atoms with E-state index in [2.05, 4.69) is 15.6 Å². The third-order valence-corrected chi connectivity index (χ3v) is 4.46. The minimum Gasteiger partial charge on any atom is -0.491 e. The third kappa shape index (κ3) is 4.93. The largest absolute Gasteiger partial charge is 0.491 e. The zero-order valence-electron chi connectivity index (χ0n) is 17.2. The number of amides is 1. The van der Waals surface area contributed by atoms with E-state index in [0.717, 1.165) is 22.4 Å². The summed E-state index contributed by atoms with van der Waals surface area (Å²) in [6.07, 6.45) is -0.634. The van der Waals surface area contributed by atoms with Crippen LogP contribution in [0.25, 0.3) is 11.3 Å². The second-order valence-electron chi connectivity index (χ2n) is 7.10.